The standard InChI is InChI=1S/C21H24ClFN2O3S/c1-13-6-3-4-8-19(13)25-29(27,28)15-10-11-18(23)16(12-15)21(26)24-20-9-5-7-17(22)14(20)2/h5,7,9-13,19,25H,3-4,6,8H2,1-2H3,(H,24,26)/t13-,19+/m1/s1. The van der Waals surface area contributed by atoms with E-state index < -0.39 is 21.7 Å². The summed E-state index contributed by atoms with van der Waals surface area (Å²) in [5.74, 6) is -1.31. The molecule has 5 nitrogen and oxygen atoms in total. The zero-order chi connectivity index (χ0) is 21.2. The monoisotopic (exact) mass is 438 g/mol. The topological polar surface area (TPSA) is 75.3 Å². The summed E-state index contributed by atoms with van der Waals surface area (Å²) in [6, 6.07) is 8.07. The second-order valence-electron chi connectivity index (χ2n) is 7.50. The summed E-state index contributed by atoms with van der Waals surface area (Å²) in [5.41, 5.74) is 0.730. The molecule has 29 heavy (non-hydrogen) atoms. The van der Waals surface area contributed by atoms with Crippen molar-refractivity contribution in [3.63, 3.8) is 0 Å². The van der Waals surface area contributed by atoms with Crippen molar-refractivity contribution < 1.29 is 17.6 Å². The molecule has 0 aromatic heterocycles. The van der Waals surface area contributed by atoms with E-state index in [1.54, 1.807) is 25.1 Å². The molecule has 0 unspecified atom stereocenters. The minimum absolute atomic E-state index is 0.135. The Bertz CT molecular complexity index is 1030. The number of amides is 1. The number of hydrogen-bond donors (Lipinski definition) is 2. The highest BCUT2D eigenvalue weighted by Gasteiger charge is 2.28. The molecule has 2 aromatic carbocycles. The first-order chi connectivity index (χ1) is 13.7. The van der Waals surface area contributed by atoms with Crippen molar-refractivity contribution in [1.29, 1.82) is 0 Å². The van der Waals surface area contributed by atoms with E-state index in [1.807, 2.05) is 6.92 Å². The SMILES string of the molecule is Cc1c(Cl)cccc1NC(=O)c1cc(S(=O)(=O)N[C@H]2CCCC[C@H]2C)ccc1F. The quantitative estimate of drug-likeness (QED) is 0.697. The van der Waals surface area contributed by atoms with Crippen molar-refractivity contribution in [3.8, 4) is 0 Å². The van der Waals surface area contributed by atoms with E-state index in [-0.39, 0.29) is 22.4 Å². The molecule has 156 valence electrons. The number of nitrogens with one attached hydrogen (secondary N) is 2. The molecule has 8 heteroatoms. The predicted octanol–water partition coefficient (Wildman–Crippen LogP) is 4.90. The van der Waals surface area contributed by atoms with Crippen LogP contribution in [-0.4, -0.2) is 20.4 Å². The summed E-state index contributed by atoms with van der Waals surface area (Å²) >= 11 is 6.05. The fraction of sp³-hybridized carbons (Fsp3) is 0.381. The summed E-state index contributed by atoms with van der Waals surface area (Å²) in [6.07, 6.45) is 3.78. The highest BCUT2D eigenvalue weighted by molar-refractivity contribution is 7.89. The Hall–Kier alpha value is -1.96. The van der Waals surface area contributed by atoms with Gasteiger partial charge in [-0.1, -0.05) is 37.4 Å². The van der Waals surface area contributed by atoms with E-state index in [1.165, 1.54) is 6.07 Å². The molecular weight excluding hydrogens is 415 g/mol. The predicted molar refractivity (Wildman–Crippen MR) is 112 cm³/mol. The van der Waals surface area contributed by atoms with Gasteiger partial charge in [0.25, 0.3) is 5.91 Å². The molecule has 2 N–H and O–H groups in total. The van der Waals surface area contributed by atoms with Gasteiger partial charge in [-0.25, -0.2) is 17.5 Å². The molecular formula is C21H24ClFN2O3S. The first-order valence-electron chi connectivity index (χ1n) is 9.57. The smallest absolute Gasteiger partial charge is 0.258 e. The fourth-order valence-corrected chi connectivity index (χ4v) is 5.12. The third-order valence-electron chi connectivity index (χ3n) is 5.43. The largest absolute Gasteiger partial charge is 0.322 e. The molecule has 1 saturated carbocycles. The molecule has 3 rings (SSSR count). The first kappa shape index (κ1) is 21.7. The average Bonchev–Trinajstić information content (AvgIpc) is 2.67. The van der Waals surface area contributed by atoms with Crippen LogP contribution in [0.2, 0.25) is 5.02 Å². The molecule has 1 aliphatic rings. The van der Waals surface area contributed by atoms with E-state index >= 15 is 0 Å². The second kappa shape index (κ2) is 8.81. The van der Waals surface area contributed by atoms with Crippen LogP contribution in [0.25, 0.3) is 0 Å². The van der Waals surface area contributed by atoms with Gasteiger partial charge in [-0.15, -0.1) is 0 Å². The van der Waals surface area contributed by atoms with E-state index in [9.17, 15) is 17.6 Å². The number of rotatable bonds is 5. The van der Waals surface area contributed by atoms with Gasteiger partial charge in [0.05, 0.1) is 10.5 Å². The fourth-order valence-electron chi connectivity index (χ4n) is 3.54. The van der Waals surface area contributed by atoms with Gasteiger partial charge in [-0.3, -0.25) is 4.79 Å². The van der Waals surface area contributed by atoms with Gasteiger partial charge in [-0.2, -0.15) is 0 Å². The zero-order valence-corrected chi connectivity index (χ0v) is 17.9. The zero-order valence-electron chi connectivity index (χ0n) is 16.3. The molecule has 0 bridgehead atoms. The van der Waals surface area contributed by atoms with E-state index in [2.05, 4.69) is 10.0 Å². The Labute approximate surface area is 175 Å². The second-order valence-corrected chi connectivity index (χ2v) is 9.62. The lowest BCUT2D eigenvalue weighted by Gasteiger charge is -2.29. The Kier molecular flexibility index (Phi) is 6.61. The molecule has 1 amide bonds. The lowest BCUT2D eigenvalue weighted by Crippen LogP contribution is -2.41. The van der Waals surface area contributed by atoms with Crippen LogP contribution in [0.3, 0.4) is 0 Å². The normalized spacial score (nSPS) is 19.7. The van der Waals surface area contributed by atoms with E-state index in [0.717, 1.165) is 37.8 Å². The maximum absolute atomic E-state index is 14.3. The lowest BCUT2D eigenvalue weighted by atomic mass is 9.87. The van der Waals surface area contributed by atoms with Gasteiger partial charge in [-0.05, 0) is 61.6 Å². The molecule has 1 fully saturated rings. The summed E-state index contributed by atoms with van der Waals surface area (Å²) in [5, 5.41) is 3.06. The van der Waals surface area contributed by atoms with Crippen molar-refractivity contribution in [2.75, 3.05) is 5.32 Å². The number of benzene rings is 2. The highest BCUT2D eigenvalue weighted by Crippen LogP contribution is 2.27. The summed E-state index contributed by atoms with van der Waals surface area (Å²) in [6.45, 7) is 3.74. The molecule has 1 aliphatic carbocycles. The van der Waals surface area contributed by atoms with Crippen molar-refractivity contribution in [1.82, 2.24) is 4.72 Å². The van der Waals surface area contributed by atoms with Crippen LogP contribution in [0.5, 0.6) is 0 Å². The van der Waals surface area contributed by atoms with E-state index in [0.29, 0.717) is 16.3 Å². The van der Waals surface area contributed by atoms with Crippen LogP contribution in [0.1, 0.15) is 48.5 Å². The van der Waals surface area contributed by atoms with Crippen LogP contribution in [0, 0.1) is 18.7 Å². The summed E-state index contributed by atoms with van der Waals surface area (Å²) < 4.78 is 42.6. The van der Waals surface area contributed by atoms with Gasteiger partial charge < -0.3 is 5.32 Å². The van der Waals surface area contributed by atoms with Crippen LogP contribution in [0.15, 0.2) is 41.3 Å². The Morgan fingerprint density at radius 1 is 1.17 bits per heavy atom. The van der Waals surface area contributed by atoms with Crippen molar-refractivity contribution in [2.45, 2.75) is 50.5 Å². The lowest BCUT2D eigenvalue weighted by molar-refractivity contribution is 0.102. The van der Waals surface area contributed by atoms with Gasteiger partial charge in [0.2, 0.25) is 10.0 Å². The highest BCUT2D eigenvalue weighted by atomic mass is 35.5. The molecule has 2 atom stereocenters. The molecule has 0 heterocycles. The number of hydrogen-bond acceptors (Lipinski definition) is 3. The molecule has 0 radical (unpaired) electrons. The van der Waals surface area contributed by atoms with Crippen LogP contribution < -0.4 is 10.0 Å². The number of carbonyl (C=O) groups is 1. The van der Waals surface area contributed by atoms with Gasteiger partial charge in [0.15, 0.2) is 0 Å². The van der Waals surface area contributed by atoms with Crippen molar-refractivity contribution in [2.24, 2.45) is 5.92 Å². The molecule has 2 aromatic rings. The number of halogens is 2. The maximum atomic E-state index is 14.3. The minimum atomic E-state index is -3.87. The number of carbonyl (C=O) groups excluding carboxylic acids is 1. The van der Waals surface area contributed by atoms with Crippen LogP contribution in [0.4, 0.5) is 10.1 Å². The van der Waals surface area contributed by atoms with Gasteiger partial charge in [0, 0.05) is 16.8 Å². The van der Waals surface area contributed by atoms with Gasteiger partial charge in [0.1, 0.15) is 5.82 Å². The van der Waals surface area contributed by atoms with E-state index in [4.69, 9.17) is 11.6 Å². The Morgan fingerprint density at radius 3 is 2.62 bits per heavy atom. The number of sulfonamides is 1. The first-order valence-corrected chi connectivity index (χ1v) is 11.4. The van der Waals surface area contributed by atoms with Crippen molar-refractivity contribution >= 4 is 33.2 Å². The van der Waals surface area contributed by atoms with Crippen LogP contribution >= 0.6 is 11.6 Å². The average molecular weight is 439 g/mol. The molecule has 0 spiro atoms. The minimum Gasteiger partial charge on any atom is -0.322 e. The Balaban J connectivity index is 1.85. The summed E-state index contributed by atoms with van der Waals surface area (Å²) in [4.78, 5) is 12.5. The third kappa shape index (κ3) is 4.97. The van der Waals surface area contributed by atoms with Crippen molar-refractivity contribution in [3.05, 3.63) is 58.4 Å². The third-order valence-corrected chi connectivity index (χ3v) is 7.32. The molecule has 0 aliphatic heterocycles. The van der Waals surface area contributed by atoms with Gasteiger partial charge >= 0.3 is 0 Å². The molecule has 0 saturated heterocycles. The maximum Gasteiger partial charge on any atom is 0.258 e. The van der Waals surface area contributed by atoms with Crippen LogP contribution in [-0.2, 0) is 10.0 Å². The number of anilines is 1. The summed E-state index contributed by atoms with van der Waals surface area (Å²) in [7, 11) is -3.87. The Morgan fingerprint density at radius 2 is 1.90 bits per heavy atom.